The lowest BCUT2D eigenvalue weighted by Gasteiger charge is -2.14. The maximum atomic E-state index is 12.2. The molecule has 1 unspecified atom stereocenters. The molecule has 5 heteroatoms. The minimum atomic E-state index is -0.208. The van der Waals surface area contributed by atoms with E-state index in [2.05, 4.69) is 10.6 Å². The number of carbonyl (C=O) groups is 2. The number of carbonyl (C=O) groups excluding carboxylic acids is 2. The molecule has 0 radical (unpaired) electrons. The van der Waals surface area contributed by atoms with Gasteiger partial charge in [0, 0.05) is 11.3 Å². The molecule has 0 heterocycles. The molecule has 2 rings (SSSR count). The largest absolute Gasteiger partial charge is 0.394 e. The van der Waals surface area contributed by atoms with Crippen LogP contribution in [0, 0.1) is 6.92 Å². The maximum Gasteiger partial charge on any atom is 0.255 e. The van der Waals surface area contributed by atoms with E-state index in [0.717, 1.165) is 11.1 Å². The molecule has 132 valence electrons. The lowest BCUT2D eigenvalue weighted by Crippen LogP contribution is -2.37. The molecule has 0 fully saturated rings. The van der Waals surface area contributed by atoms with E-state index in [1.165, 1.54) is 0 Å². The van der Waals surface area contributed by atoms with E-state index in [0.29, 0.717) is 17.7 Å². The van der Waals surface area contributed by atoms with Gasteiger partial charge in [0.1, 0.15) is 0 Å². The topological polar surface area (TPSA) is 78.4 Å². The third-order valence-corrected chi connectivity index (χ3v) is 3.97. The molecule has 0 aliphatic rings. The smallest absolute Gasteiger partial charge is 0.255 e. The highest BCUT2D eigenvalue weighted by Gasteiger charge is 2.10. The summed E-state index contributed by atoms with van der Waals surface area (Å²) in [6.07, 6.45) is 0.926. The van der Waals surface area contributed by atoms with E-state index in [1.54, 1.807) is 24.3 Å². The molecule has 0 saturated carbocycles. The molecule has 0 bridgehead atoms. The van der Waals surface area contributed by atoms with Crippen LogP contribution in [0.1, 0.15) is 34.8 Å². The van der Waals surface area contributed by atoms with Crippen LogP contribution in [0.25, 0.3) is 0 Å². The Labute approximate surface area is 148 Å². The molecular formula is C20H24N2O3. The molecule has 0 aliphatic carbocycles. The predicted molar refractivity (Wildman–Crippen MR) is 98.6 cm³/mol. The number of hydrogen-bond donors (Lipinski definition) is 3. The van der Waals surface area contributed by atoms with Crippen molar-refractivity contribution in [3.05, 3.63) is 65.2 Å². The van der Waals surface area contributed by atoms with Gasteiger partial charge in [-0.1, -0.05) is 36.8 Å². The van der Waals surface area contributed by atoms with E-state index in [-0.39, 0.29) is 30.9 Å². The Bertz CT molecular complexity index is 705. The third-order valence-electron chi connectivity index (χ3n) is 3.97. The molecule has 5 nitrogen and oxygen atoms in total. The first-order valence-corrected chi connectivity index (χ1v) is 8.39. The Hall–Kier alpha value is -2.66. The minimum Gasteiger partial charge on any atom is -0.394 e. The summed E-state index contributed by atoms with van der Waals surface area (Å²) < 4.78 is 0. The average molecular weight is 340 g/mol. The Morgan fingerprint density at radius 1 is 1.04 bits per heavy atom. The van der Waals surface area contributed by atoms with Crippen LogP contribution < -0.4 is 10.6 Å². The van der Waals surface area contributed by atoms with Crippen LogP contribution >= 0.6 is 0 Å². The number of rotatable bonds is 7. The van der Waals surface area contributed by atoms with Gasteiger partial charge in [0.05, 0.1) is 19.1 Å². The zero-order valence-electron chi connectivity index (χ0n) is 14.6. The van der Waals surface area contributed by atoms with Crippen LogP contribution in [-0.4, -0.2) is 29.6 Å². The second-order valence-electron chi connectivity index (χ2n) is 6.05. The molecule has 0 spiro atoms. The van der Waals surface area contributed by atoms with Crippen molar-refractivity contribution in [1.82, 2.24) is 5.32 Å². The van der Waals surface area contributed by atoms with Crippen molar-refractivity contribution in [2.24, 2.45) is 0 Å². The molecule has 3 N–H and O–H groups in total. The summed E-state index contributed by atoms with van der Waals surface area (Å²) in [6.45, 7) is 3.82. The molecular weight excluding hydrogens is 316 g/mol. The van der Waals surface area contributed by atoms with Crippen molar-refractivity contribution >= 4 is 17.5 Å². The monoisotopic (exact) mass is 340 g/mol. The lowest BCUT2D eigenvalue weighted by atomic mass is 10.1. The van der Waals surface area contributed by atoms with Gasteiger partial charge in [-0.05, 0) is 43.2 Å². The van der Waals surface area contributed by atoms with Gasteiger partial charge in [-0.2, -0.15) is 0 Å². The molecule has 2 aromatic rings. The number of amides is 2. The number of hydrogen-bond acceptors (Lipinski definition) is 3. The number of benzene rings is 2. The summed E-state index contributed by atoms with van der Waals surface area (Å²) in [4.78, 5) is 24.1. The molecule has 0 aromatic heterocycles. The fraction of sp³-hybridized carbons (Fsp3) is 0.300. The Balaban J connectivity index is 1.92. The lowest BCUT2D eigenvalue weighted by molar-refractivity contribution is -0.121. The van der Waals surface area contributed by atoms with E-state index in [9.17, 15) is 9.59 Å². The molecule has 0 saturated heterocycles. The minimum absolute atomic E-state index is 0.0633. The van der Waals surface area contributed by atoms with Crippen LogP contribution in [0.4, 0.5) is 5.69 Å². The summed E-state index contributed by atoms with van der Waals surface area (Å²) in [5.41, 5.74) is 3.23. The van der Waals surface area contributed by atoms with E-state index in [4.69, 9.17) is 5.11 Å². The number of anilines is 1. The Kier molecular flexibility index (Phi) is 6.71. The predicted octanol–water partition coefficient (Wildman–Crippen LogP) is 2.68. The molecule has 25 heavy (non-hydrogen) atoms. The van der Waals surface area contributed by atoms with Gasteiger partial charge in [0.15, 0.2) is 0 Å². The van der Waals surface area contributed by atoms with Crippen molar-refractivity contribution in [2.75, 3.05) is 11.9 Å². The molecule has 2 amide bonds. The van der Waals surface area contributed by atoms with Crippen molar-refractivity contribution in [3.8, 4) is 0 Å². The Morgan fingerprint density at radius 3 is 2.24 bits per heavy atom. The van der Waals surface area contributed by atoms with Gasteiger partial charge >= 0.3 is 0 Å². The van der Waals surface area contributed by atoms with E-state index in [1.807, 2.05) is 38.1 Å². The van der Waals surface area contributed by atoms with Crippen LogP contribution in [-0.2, 0) is 11.2 Å². The normalized spacial score (nSPS) is 11.6. The van der Waals surface area contributed by atoms with Crippen LogP contribution in [0.5, 0.6) is 0 Å². The zero-order valence-corrected chi connectivity index (χ0v) is 14.6. The van der Waals surface area contributed by atoms with Crippen LogP contribution in [0.3, 0.4) is 0 Å². The van der Waals surface area contributed by atoms with E-state index >= 15 is 0 Å². The van der Waals surface area contributed by atoms with Gasteiger partial charge in [-0.3, -0.25) is 9.59 Å². The van der Waals surface area contributed by atoms with Gasteiger partial charge in [0.2, 0.25) is 5.91 Å². The van der Waals surface area contributed by atoms with Gasteiger partial charge in [-0.15, -0.1) is 0 Å². The third kappa shape index (κ3) is 5.72. The van der Waals surface area contributed by atoms with Crippen molar-refractivity contribution in [3.63, 3.8) is 0 Å². The van der Waals surface area contributed by atoms with Crippen LogP contribution in [0.15, 0.2) is 48.5 Å². The quantitative estimate of drug-likeness (QED) is 0.725. The fourth-order valence-electron chi connectivity index (χ4n) is 2.36. The first kappa shape index (κ1) is 18.7. The molecule has 2 aromatic carbocycles. The maximum absolute atomic E-state index is 12.2. The van der Waals surface area contributed by atoms with Crippen molar-refractivity contribution in [2.45, 2.75) is 32.7 Å². The number of aliphatic hydroxyl groups excluding tert-OH is 1. The summed E-state index contributed by atoms with van der Waals surface area (Å²) in [5, 5.41) is 14.7. The Morgan fingerprint density at radius 2 is 1.68 bits per heavy atom. The first-order chi connectivity index (χ1) is 12.0. The molecule has 1 atom stereocenters. The number of aryl methyl sites for hydroxylation is 1. The van der Waals surface area contributed by atoms with Gasteiger partial charge < -0.3 is 15.7 Å². The number of nitrogens with one attached hydrogen (secondary N) is 2. The zero-order chi connectivity index (χ0) is 18.2. The van der Waals surface area contributed by atoms with Crippen LogP contribution in [0.2, 0.25) is 0 Å². The summed E-state index contributed by atoms with van der Waals surface area (Å²) in [7, 11) is 0. The second kappa shape index (κ2) is 8.99. The fourth-order valence-corrected chi connectivity index (χ4v) is 2.36. The first-order valence-electron chi connectivity index (χ1n) is 8.39. The molecule has 0 aliphatic heterocycles. The second-order valence-corrected chi connectivity index (χ2v) is 6.05. The summed E-state index contributed by atoms with van der Waals surface area (Å²) in [6, 6.07) is 14.3. The van der Waals surface area contributed by atoms with Gasteiger partial charge in [0.25, 0.3) is 5.91 Å². The SMILES string of the molecule is CCC(CO)NC(=O)Cc1ccc(NC(=O)c2ccc(C)cc2)cc1. The average Bonchev–Trinajstić information content (AvgIpc) is 2.61. The number of aliphatic hydroxyl groups is 1. The van der Waals surface area contributed by atoms with Gasteiger partial charge in [-0.25, -0.2) is 0 Å². The summed E-state index contributed by atoms with van der Waals surface area (Å²) >= 11 is 0. The summed E-state index contributed by atoms with van der Waals surface area (Å²) in [5.74, 6) is -0.295. The highest BCUT2D eigenvalue weighted by molar-refractivity contribution is 6.04. The highest BCUT2D eigenvalue weighted by Crippen LogP contribution is 2.12. The standard InChI is InChI=1S/C20H24N2O3/c1-3-17(13-23)21-19(24)12-15-6-10-18(11-7-15)22-20(25)16-8-4-14(2)5-9-16/h4-11,17,23H,3,12-13H2,1-2H3,(H,21,24)(H,22,25). The highest BCUT2D eigenvalue weighted by atomic mass is 16.3. The van der Waals surface area contributed by atoms with E-state index < -0.39 is 0 Å². The van der Waals surface area contributed by atoms with Crippen molar-refractivity contribution in [1.29, 1.82) is 0 Å². The van der Waals surface area contributed by atoms with Crippen molar-refractivity contribution < 1.29 is 14.7 Å².